The van der Waals surface area contributed by atoms with Gasteiger partial charge >= 0.3 is 5.97 Å². The smallest absolute Gasteiger partial charge is 0.311 e. The highest BCUT2D eigenvalue weighted by atomic mass is 16.5. The first-order valence-corrected chi connectivity index (χ1v) is 7.81. The number of pyridine rings is 1. The van der Waals surface area contributed by atoms with E-state index in [0.717, 1.165) is 5.56 Å². The average Bonchev–Trinajstić information content (AvgIpc) is 3.07. The SMILES string of the molecule is COC(=O)[C@@H]1CN(C(=O)c2ncccc2O)C[C@H]1c1ccc(O)cc1. The maximum Gasteiger partial charge on any atom is 0.311 e. The number of ether oxygens (including phenoxy) is 1. The molecule has 1 aliphatic heterocycles. The molecule has 0 bridgehead atoms. The molecule has 1 fully saturated rings. The molecule has 0 aliphatic carbocycles. The minimum atomic E-state index is -0.524. The Morgan fingerprint density at radius 3 is 2.52 bits per heavy atom. The van der Waals surface area contributed by atoms with E-state index in [0.29, 0.717) is 6.54 Å². The van der Waals surface area contributed by atoms with Crippen LogP contribution >= 0.6 is 0 Å². The van der Waals surface area contributed by atoms with Crippen LogP contribution in [0.25, 0.3) is 0 Å². The van der Waals surface area contributed by atoms with Crippen molar-refractivity contribution >= 4 is 11.9 Å². The van der Waals surface area contributed by atoms with E-state index in [4.69, 9.17) is 4.74 Å². The first-order chi connectivity index (χ1) is 12.0. The number of esters is 1. The number of benzene rings is 1. The number of phenols is 1. The summed E-state index contributed by atoms with van der Waals surface area (Å²) in [5, 5.41) is 19.3. The molecule has 1 aromatic heterocycles. The first-order valence-electron chi connectivity index (χ1n) is 7.81. The van der Waals surface area contributed by atoms with Crippen LogP contribution in [0.2, 0.25) is 0 Å². The predicted octanol–water partition coefficient (Wildman–Crippen LogP) is 1.52. The number of amides is 1. The Morgan fingerprint density at radius 1 is 1.16 bits per heavy atom. The van der Waals surface area contributed by atoms with Crippen molar-refractivity contribution in [2.75, 3.05) is 20.2 Å². The summed E-state index contributed by atoms with van der Waals surface area (Å²) >= 11 is 0. The van der Waals surface area contributed by atoms with Crippen LogP contribution in [-0.4, -0.2) is 52.2 Å². The molecule has 3 rings (SSSR count). The van der Waals surface area contributed by atoms with E-state index in [1.54, 1.807) is 24.3 Å². The number of likely N-dealkylation sites (tertiary alicyclic amines) is 1. The molecule has 2 aromatic rings. The van der Waals surface area contributed by atoms with E-state index in [1.807, 2.05) is 0 Å². The van der Waals surface area contributed by atoms with Gasteiger partial charge in [-0.25, -0.2) is 4.98 Å². The van der Waals surface area contributed by atoms with Gasteiger partial charge in [-0.3, -0.25) is 9.59 Å². The largest absolute Gasteiger partial charge is 0.508 e. The molecule has 1 aromatic carbocycles. The first kappa shape index (κ1) is 16.8. The number of rotatable bonds is 3. The second kappa shape index (κ2) is 6.80. The van der Waals surface area contributed by atoms with Gasteiger partial charge in [-0.05, 0) is 29.8 Å². The van der Waals surface area contributed by atoms with Crippen LogP contribution < -0.4 is 0 Å². The van der Waals surface area contributed by atoms with Gasteiger partial charge in [0.1, 0.15) is 11.5 Å². The summed E-state index contributed by atoms with van der Waals surface area (Å²) in [5.74, 6) is -1.70. The minimum absolute atomic E-state index is 0.0440. The zero-order valence-electron chi connectivity index (χ0n) is 13.6. The molecule has 1 aliphatic rings. The summed E-state index contributed by atoms with van der Waals surface area (Å²) in [6.45, 7) is 0.465. The van der Waals surface area contributed by atoms with Crippen LogP contribution in [-0.2, 0) is 9.53 Å². The lowest BCUT2D eigenvalue weighted by Crippen LogP contribution is -2.30. The molecule has 2 atom stereocenters. The third-order valence-electron chi connectivity index (χ3n) is 4.42. The monoisotopic (exact) mass is 342 g/mol. The van der Waals surface area contributed by atoms with Gasteiger partial charge in [0.2, 0.25) is 0 Å². The molecule has 130 valence electrons. The van der Waals surface area contributed by atoms with Crippen LogP contribution in [0, 0.1) is 5.92 Å². The third kappa shape index (κ3) is 3.26. The van der Waals surface area contributed by atoms with Gasteiger partial charge in [-0.1, -0.05) is 12.1 Å². The van der Waals surface area contributed by atoms with Gasteiger partial charge < -0.3 is 19.8 Å². The highest BCUT2D eigenvalue weighted by molar-refractivity contribution is 5.95. The second-order valence-corrected chi connectivity index (χ2v) is 5.91. The summed E-state index contributed by atoms with van der Waals surface area (Å²) in [5.41, 5.74) is 0.784. The highest BCUT2D eigenvalue weighted by Crippen LogP contribution is 2.35. The molecule has 25 heavy (non-hydrogen) atoms. The van der Waals surface area contributed by atoms with Crippen molar-refractivity contribution in [3.63, 3.8) is 0 Å². The molecule has 2 heterocycles. The number of aromatic nitrogens is 1. The van der Waals surface area contributed by atoms with Gasteiger partial charge in [0.25, 0.3) is 5.91 Å². The van der Waals surface area contributed by atoms with E-state index in [9.17, 15) is 19.8 Å². The Bertz CT molecular complexity index is 790. The van der Waals surface area contributed by atoms with Gasteiger partial charge in [0.15, 0.2) is 5.69 Å². The fourth-order valence-electron chi connectivity index (χ4n) is 3.13. The standard InChI is InChI=1S/C18H18N2O5/c1-25-18(24)14-10-20(17(23)16-15(22)3-2-8-19-16)9-13(14)11-4-6-12(21)7-5-11/h2-8,13-14,21-22H,9-10H2,1H3/t13-,14+/m0/s1. The zero-order valence-corrected chi connectivity index (χ0v) is 13.6. The average molecular weight is 342 g/mol. The van der Waals surface area contributed by atoms with Crippen LogP contribution in [0.1, 0.15) is 22.0 Å². The van der Waals surface area contributed by atoms with E-state index >= 15 is 0 Å². The lowest BCUT2D eigenvalue weighted by molar-refractivity contribution is -0.145. The van der Waals surface area contributed by atoms with Crippen molar-refractivity contribution in [2.45, 2.75) is 5.92 Å². The minimum Gasteiger partial charge on any atom is -0.508 e. The Morgan fingerprint density at radius 2 is 1.88 bits per heavy atom. The van der Waals surface area contributed by atoms with E-state index in [-0.39, 0.29) is 29.7 Å². The topological polar surface area (TPSA) is 100.0 Å². The van der Waals surface area contributed by atoms with Crippen molar-refractivity contribution in [3.05, 3.63) is 53.9 Å². The van der Waals surface area contributed by atoms with Crippen LogP contribution in [0.5, 0.6) is 11.5 Å². The quantitative estimate of drug-likeness (QED) is 0.821. The number of aromatic hydroxyl groups is 2. The molecule has 7 heteroatoms. The van der Waals surface area contributed by atoms with Crippen molar-refractivity contribution in [3.8, 4) is 11.5 Å². The number of hydrogen-bond acceptors (Lipinski definition) is 6. The highest BCUT2D eigenvalue weighted by Gasteiger charge is 2.41. The second-order valence-electron chi connectivity index (χ2n) is 5.91. The Labute approximate surface area is 144 Å². The molecule has 1 saturated heterocycles. The fourth-order valence-corrected chi connectivity index (χ4v) is 3.13. The van der Waals surface area contributed by atoms with Crippen molar-refractivity contribution < 1.29 is 24.5 Å². The van der Waals surface area contributed by atoms with Crippen molar-refractivity contribution in [2.24, 2.45) is 5.92 Å². The van der Waals surface area contributed by atoms with E-state index in [1.165, 1.54) is 30.3 Å². The van der Waals surface area contributed by atoms with Crippen LogP contribution in [0.4, 0.5) is 0 Å². The normalized spacial score (nSPS) is 19.6. The number of carbonyl (C=O) groups is 2. The molecular weight excluding hydrogens is 324 g/mol. The zero-order chi connectivity index (χ0) is 18.0. The molecular formula is C18H18N2O5. The van der Waals surface area contributed by atoms with Crippen LogP contribution in [0.3, 0.4) is 0 Å². The van der Waals surface area contributed by atoms with E-state index in [2.05, 4.69) is 4.98 Å². The summed E-state index contributed by atoms with van der Waals surface area (Å²) in [6.07, 6.45) is 1.43. The lowest BCUT2D eigenvalue weighted by atomic mass is 9.89. The maximum absolute atomic E-state index is 12.7. The Hall–Kier alpha value is -3.09. The van der Waals surface area contributed by atoms with Gasteiger partial charge in [-0.15, -0.1) is 0 Å². The lowest BCUT2D eigenvalue weighted by Gasteiger charge is -2.16. The van der Waals surface area contributed by atoms with Crippen molar-refractivity contribution in [1.29, 1.82) is 0 Å². The van der Waals surface area contributed by atoms with Gasteiger partial charge in [-0.2, -0.15) is 0 Å². The number of methoxy groups -OCH3 is 1. The van der Waals surface area contributed by atoms with Crippen LogP contribution in [0.15, 0.2) is 42.6 Å². The third-order valence-corrected chi connectivity index (χ3v) is 4.42. The molecule has 0 saturated carbocycles. The summed E-state index contributed by atoms with van der Waals surface area (Å²) in [4.78, 5) is 30.2. The molecule has 7 nitrogen and oxygen atoms in total. The Balaban J connectivity index is 1.89. The summed E-state index contributed by atoms with van der Waals surface area (Å²) in [7, 11) is 1.31. The summed E-state index contributed by atoms with van der Waals surface area (Å²) in [6, 6.07) is 9.46. The molecule has 0 spiro atoms. The van der Waals surface area contributed by atoms with E-state index < -0.39 is 17.8 Å². The number of nitrogens with zero attached hydrogens (tertiary/aromatic N) is 2. The number of hydrogen-bond donors (Lipinski definition) is 2. The number of carbonyl (C=O) groups excluding carboxylic acids is 2. The number of phenolic OH excluding ortho intramolecular Hbond substituents is 1. The Kier molecular flexibility index (Phi) is 4.56. The maximum atomic E-state index is 12.7. The molecule has 2 N–H and O–H groups in total. The van der Waals surface area contributed by atoms with Gasteiger partial charge in [0, 0.05) is 25.2 Å². The van der Waals surface area contributed by atoms with Crippen molar-refractivity contribution in [1.82, 2.24) is 9.88 Å². The molecule has 0 unspecified atom stereocenters. The molecule has 0 radical (unpaired) electrons. The van der Waals surface area contributed by atoms with Gasteiger partial charge in [0.05, 0.1) is 13.0 Å². The predicted molar refractivity (Wildman–Crippen MR) is 88.2 cm³/mol. The molecule has 1 amide bonds. The summed E-state index contributed by atoms with van der Waals surface area (Å²) < 4.78 is 4.88. The fraction of sp³-hybridized carbons (Fsp3) is 0.278.